The molecule has 1 nitrogen and oxygen atoms in total. The first-order chi connectivity index (χ1) is 6.31. The van der Waals surface area contributed by atoms with Crippen LogP contribution in [0.25, 0.3) is 0 Å². The van der Waals surface area contributed by atoms with Crippen LogP contribution in [-0.2, 0) is 12.8 Å². The summed E-state index contributed by atoms with van der Waals surface area (Å²) >= 11 is 0. The Labute approximate surface area is 77.2 Å². The summed E-state index contributed by atoms with van der Waals surface area (Å²) in [6.45, 7) is -0.349. The first-order valence-corrected chi connectivity index (χ1v) is 4.63. The topological polar surface area (TPSA) is 20.2 Å². The van der Waals surface area contributed by atoms with Crippen LogP contribution in [-0.4, -0.2) is 17.9 Å². The van der Waals surface area contributed by atoms with Gasteiger partial charge in [-0.05, 0) is 24.0 Å². The largest absolute Gasteiger partial charge is 0.393 e. The van der Waals surface area contributed by atoms with E-state index in [9.17, 15) is 4.39 Å². The van der Waals surface area contributed by atoms with E-state index in [4.69, 9.17) is 5.11 Å². The van der Waals surface area contributed by atoms with Gasteiger partial charge < -0.3 is 5.11 Å². The summed E-state index contributed by atoms with van der Waals surface area (Å²) in [6.07, 6.45) is 0.489. The highest BCUT2D eigenvalue weighted by atomic mass is 19.1. The van der Waals surface area contributed by atoms with Crippen LogP contribution in [0.5, 0.6) is 0 Å². The monoisotopic (exact) mass is 180 g/mol. The molecule has 0 bridgehead atoms. The van der Waals surface area contributed by atoms with Gasteiger partial charge >= 0.3 is 0 Å². The van der Waals surface area contributed by atoms with Gasteiger partial charge in [0.1, 0.15) is 6.17 Å². The molecule has 2 heteroatoms. The lowest BCUT2D eigenvalue weighted by Gasteiger charge is -2.11. The average Bonchev–Trinajstić information content (AvgIpc) is 2.59. The highest BCUT2D eigenvalue weighted by Gasteiger charge is 2.27. The van der Waals surface area contributed by atoms with Crippen molar-refractivity contribution in [3.05, 3.63) is 35.4 Å². The number of hydrogen-bond donors (Lipinski definition) is 1. The van der Waals surface area contributed by atoms with Crippen molar-refractivity contribution in [2.75, 3.05) is 6.61 Å². The second-order valence-corrected chi connectivity index (χ2v) is 3.64. The van der Waals surface area contributed by atoms with Crippen molar-refractivity contribution in [1.82, 2.24) is 0 Å². The molecular weight excluding hydrogens is 167 g/mol. The predicted octanol–water partition coefficient (Wildman–Crippen LogP) is 1.73. The molecule has 0 spiro atoms. The zero-order chi connectivity index (χ0) is 9.26. The Balaban J connectivity index is 2.14. The molecule has 0 saturated heterocycles. The van der Waals surface area contributed by atoms with Gasteiger partial charge in [-0.15, -0.1) is 0 Å². The molecule has 1 aliphatic carbocycles. The van der Waals surface area contributed by atoms with E-state index in [1.54, 1.807) is 0 Å². The van der Waals surface area contributed by atoms with Crippen LogP contribution in [0.15, 0.2) is 24.3 Å². The zero-order valence-corrected chi connectivity index (χ0v) is 7.41. The number of alkyl halides is 1. The van der Waals surface area contributed by atoms with Crippen molar-refractivity contribution >= 4 is 0 Å². The number of benzene rings is 1. The van der Waals surface area contributed by atoms with Gasteiger partial charge in [-0.1, -0.05) is 24.3 Å². The molecule has 1 N–H and O–H groups in total. The highest BCUT2D eigenvalue weighted by molar-refractivity contribution is 5.32. The van der Waals surface area contributed by atoms with E-state index in [1.807, 2.05) is 24.3 Å². The zero-order valence-electron chi connectivity index (χ0n) is 7.41. The highest BCUT2D eigenvalue weighted by Crippen LogP contribution is 2.29. The molecule has 1 aromatic carbocycles. The summed E-state index contributed by atoms with van der Waals surface area (Å²) in [6, 6.07) is 8.04. The number of hydrogen-bond acceptors (Lipinski definition) is 1. The lowest BCUT2D eigenvalue weighted by molar-refractivity contribution is 0.129. The molecule has 2 rings (SSSR count). The Kier molecular flexibility index (Phi) is 2.32. The normalized spacial score (nSPS) is 18.6. The summed E-state index contributed by atoms with van der Waals surface area (Å²) in [5.74, 6) is -0.0117. The molecule has 0 amide bonds. The standard InChI is InChI=1S/C11H13FO/c12-11(7-13)10-5-8-3-1-2-4-9(8)6-10/h1-4,10-11,13H,5-7H2/t11-/m1/s1. The van der Waals surface area contributed by atoms with E-state index in [0.717, 1.165) is 12.8 Å². The van der Waals surface area contributed by atoms with Crippen LogP contribution in [0.2, 0.25) is 0 Å². The molecule has 0 unspecified atom stereocenters. The molecular formula is C11H13FO. The molecule has 1 aliphatic rings. The van der Waals surface area contributed by atoms with E-state index in [0.29, 0.717) is 0 Å². The van der Waals surface area contributed by atoms with E-state index < -0.39 is 6.17 Å². The van der Waals surface area contributed by atoms with E-state index in [1.165, 1.54) is 11.1 Å². The predicted molar refractivity (Wildman–Crippen MR) is 49.3 cm³/mol. The van der Waals surface area contributed by atoms with Gasteiger partial charge in [0.05, 0.1) is 6.61 Å². The van der Waals surface area contributed by atoms with E-state index in [2.05, 4.69) is 0 Å². The van der Waals surface area contributed by atoms with Gasteiger partial charge in [0.15, 0.2) is 0 Å². The molecule has 1 aromatic rings. The third-order valence-electron chi connectivity index (χ3n) is 2.77. The Hall–Kier alpha value is -0.890. The summed E-state index contributed by atoms with van der Waals surface area (Å²) in [5, 5.41) is 8.70. The maximum atomic E-state index is 13.2. The van der Waals surface area contributed by atoms with Crippen LogP contribution in [0.3, 0.4) is 0 Å². The lowest BCUT2D eigenvalue weighted by atomic mass is 10.0. The van der Waals surface area contributed by atoms with Gasteiger partial charge in [-0.2, -0.15) is 0 Å². The molecule has 0 heterocycles. The molecule has 1 atom stereocenters. The Morgan fingerprint density at radius 3 is 2.31 bits per heavy atom. The first kappa shape index (κ1) is 8.70. The third-order valence-corrected chi connectivity index (χ3v) is 2.77. The molecule has 70 valence electrons. The summed E-state index contributed by atoms with van der Waals surface area (Å²) in [4.78, 5) is 0. The van der Waals surface area contributed by atoms with Crippen LogP contribution in [0.4, 0.5) is 4.39 Å². The van der Waals surface area contributed by atoms with Crippen LogP contribution in [0, 0.1) is 5.92 Å². The molecule has 0 aromatic heterocycles. The van der Waals surface area contributed by atoms with Gasteiger partial charge in [0, 0.05) is 5.92 Å². The molecule has 0 saturated carbocycles. The Morgan fingerprint density at radius 1 is 1.31 bits per heavy atom. The fraction of sp³-hybridized carbons (Fsp3) is 0.455. The van der Waals surface area contributed by atoms with Crippen LogP contribution in [0.1, 0.15) is 11.1 Å². The summed E-state index contributed by atoms with van der Waals surface area (Å²) in [5.41, 5.74) is 2.48. The van der Waals surface area contributed by atoms with Crippen molar-refractivity contribution in [1.29, 1.82) is 0 Å². The average molecular weight is 180 g/mol. The molecule has 0 fully saturated rings. The van der Waals surface area contributed by atoms with Gasteiger partial charge in [-0.25, -0.2) is 4.39 Å². The Bertz CT molecular complexity index is 273. The minimum atomic E-state index is -1.06. The second-order valence-electron chi connectivity index (χ2n) is 3.64. The molecule has 0 radical (unpaired) electrons. The number of rotatable bonds is 2. The van der Waals surface area contributed by atoms with Crippen molar-refractivity contribution in [3.8, 4) is 0 Å². The number of aliphatic hydroxyl groups is 1. The van der Waals surface area contributed by atoms with Gasteiger partial charge in [-0.3, -0.25) is 0 Å². The van der Waals surface area contributed by atoms with Gasteiger partial charge in [0.2, 0.25) is 0 Å². The van der Waals surface area contributed by atoms with Crippen molar-refractivity contribution in [2.45, 2.75) is 19.0 Å². The maximum absolute atomic E-state index is 13.2. The quantitative estimate of drug-likeness (QED) is 0.735. The van der Waals surface area contributed by atoms with Crippen LogP contribution >= 0.6 is 0 Å². The lowest BCUT2D eigenvalue weighted by Crippen LogP contribution is -2.19. The van der Waals surface area contributed by atoms with E-state index in [-0.39, 0.29) is 12.5 Å². The van der Waals surface area contributed by atoms with E-state index >= 15 is 0 Å². The smallest absolute Gasteiger partial charge is 0.126 e. The van der Waals surface area contributed by atoms with Crippen molar-refractivity contribution in [3.63, 3.8) is 0 Å². The maximum Gasteiger partial charge on any atom is 0.126 e. The van der Waals surface area contributed by atoms with Gasteiger partial charge in [0.25, 0.3) is 0 Å². The molecule has 13 heavy (non-hydrogen) atoms. The number of aliphatic hydroxyl groups excluding tert-OH is 1. The minimum Gasteiger partial charge on any atom is -0.393 e. The summed E-state index contributed by atoms with van der Waals surface area (Å²) in [7, 11) is 0. The Morgan fingerprint density at radius 2 is 1.85 bits per heavy atom. The SMILES string of the molecule is OC[C@@H](F)C1Cc2ccccc2C1. The van der Waals surface area contributed by atoms with Crippen LogP contribution < -0.4 is 0 Å². The van der Waals surface area contributed by atoms with Crippen molar-refractivity contribution in [2.24, 2.45) is 5.92 Å². The second kappa shape index (κ2) is 3.46. The third kappa shape index (κ3) is 1.59. The van der Waals surface area contributed by atoms with Crippen molar-refractivity contribution < 1.29 is 9.50 Å². The number of fused-ring (bicyclic) bond motifs is 1. The fourth-order valence-electron chi connectivity index (χ4n) is 2.00. The number of halogens is 1. The minimum absolute atomic E-state index is 0.0117. The molecule has 0 aliphatic heterocycles. The first-order valence-electron chi connectivity index (χ1n) is 4.63. The summed E-state index contributed by atoms with van der Waals surface area (Å²) < 4.78 is 13.2. The fourth-order valence-corrected chi connectivity index (χ4v) is 2.00.